The molecule has 0 aromatic rings. The van der Waals surface area contributed by atoms with Crippen LogP contribution in [0.1, 0.15) is 32.1 Å². The third-order valence-electron chi connectivity index (χ3n) is 3.12. The van der Waals surface area contributed by atoms with Crippen LogP contribution in [-0.2, 0) is 9.53 Å². The van der Waals surface area contributed by atoms with Gasteiger partial charge in [0.1, 0.15) is 0 Å². The molecule has 1 unspecified atom stereocenters. The van der Waals surface area contributed by atoms with Crippen LogP contribution < -0.4 is 10.6 Å². The molecule has 100 valence electrons. The quantitative estimate of drug-likeness (QED) is 0.563. The molecule has 1 rings (SSSR count). The molecule has 3 N–H and O–H groups in total. The number of nitrogens with one attached hydrogen (secondary N) is 2. The Morgan fingerprint density at radius 3 is 2.76 bits per heavy atom. The van der Waals surface area contributed by atoms with Crippen LogP contribution in [0.2, 0.25) is 0 Å². The van der Waals surface area contributed by atoms with E-state index in [1.165, 1.54) is 12.8 Å². The number of methoxy groups -OCH3 is 1. The Balaban J connectivity index is 2.15. The number of aliphatic hydroxyl groups excluding tert-OH is 1. The molecule has 0 spiro atoms. The van der Waals surface area contributed by atoms with Crippen LogP contribution in [0.4, 0.5) is 0 Å². The summed E-state index contributed by atoms with van der Waals surface area (Å²) in [5.74, 6) is 0.0379. The van der Waals surface area contributed by atoms with E-state index in [0.29, 0.717) is 25.6 Å². The zero-order chi connectivity index (χ0) is 12.5. The topological polar surface area (TPSA) is 70.6 Å². The average molecular weight is 244 g/mol. The first-order valence-electron chi connectivity index (χ1n) is 6.38. The van der Waals surface area contributed by atoms with Crippen LogP contribution in [-0.4, -0.2) is 50.0 Å². The van der Waals surface area contributed by atoms with E-state index in [2.05, 4.69) is 10.6 Å². The number of aliphatic hydroxyl groups is 1. The SMILES string of the molecule is COCC(CCO)NCC(=O)NC1CCCC1. The second-order valence-electron chi connectivity index (χ2n) is 4.59. The summed E-state index contributed by atoms with van der Waals surface area (Å²) in [5.41, 5.74) is 0. The van der Waals surface area contributed by atoms with Crippen molar-refractivity contribution in [2.24, 2.45) is 0 Å². The number of amides is 1. The smallest absolute Gasteiger partial charge is 0.234 e. The molecule has 0 radical (unpaired) electrons. The van der Waals surface area contributed by atoms with Crippen molar-refractivity contribution in [2.45, 2.75) is 44.2 Å². The first-order chi connectivity index (χ1) is 8.26. The van der Waals surface area contributed by atoms with Crippen LogP contribution in [0.5, 0.6) is 0 Å². The molecule has 0 aromatic carbocycles. The molecule has 1 aliphatic carbocycles. The van der Waals surface area contributed by atoms with Gasteiger partial charge < -0.3 is 20.5 Å². The maximum Gasteiger partial charge on any atom is 0.234 e. The molecule has 5 nitrogen and oxygen atoms in total. The Kier molecular flexibility index (Phi) is 7.16. The van der Waals surface area contributed by atoms with E-state index in [4.69, 9.17) is 9.84 Å². The Morgan fingerprint density at radius 2 is 2.18 bits per heavy atom. The highest BCUT2D eigenvalue weighted by molar-refractivity contribution is 5.78. The lowest BCUT2D eigenvalue weighted by Crippen LogP contribution is -2.44. The maximum absolute atomic E-state index is 11.6. The van der Waals surface area contributed by atoms with E-state index >= 15 is 0 Å². The molecular weight excluding hydrogens is 220 g/mol. The summed E-state index contributed by atoms with van der Waals surface area (Å²) in [5, 5.41) is 15.0. The average Bonchev–Trinajstić information content (AvgIpc) is 2.79. The van der Waals surface area contributed by atoms with Crippen LogP contribution in [0.3, 0.4) is 0 Å². The molecule has 1 amide bonds. The largest absolute Gasteiger partial charge is 0.396 e. The third kappa shape index (κ3) is 6.00. The number of ether oxygens (including phenoxy) is 1. The van der Waals surface area contributed by atoms with Gasteiger partial charge in [-0.1, -0.05) is 12.8 Å². The molecule has 0 heterocycles. The number of carbonyl (C=O) groups is 1. The minimum atomic E-state index is 0.0379. The van der Waals surface area contributed by atoms with Crippen LogP contribution in [0, 0.1) is 0 Å². The third-order valence-corrected chi connectivity index (χ3v) is 3.12. The zero-order valence-electron chi connectivity index (χ0n) is 10.6. The standard InChI is InChI=1S/C12H24N2O3/c1-17-9-11(6-7-15)13-8-12(16)14-10-4-2-3-5-10/h10-11,13,15H,2-9H2,1H3,(H,14,16). The molecule has 5 heteroatoms. The van der Waals surface area contributed by atoms with Gasteiger partial charge in [0.2, 0.25) is 5.91 Å². The molecule has 1 atom stereocenters. The van der Waals surface area contributed by atoms with Gasteiger partial charge in [-0.3, -0.25) is 4.79 Å². The summed E-state index contributed by atoms with van der Waals surface area (Å²) in [6.45, 7) is 0.910. The second kappa shape index (κ2) is 8.44. The molecule has 0 bridgehead atoms. The molecule has 0 aromatic heterocycles. The van der Waals surface area contributed by atoms with Crippen LogP contribution in [0.25, 0.3) is 0 Å². The Morgan fingerprint density at radius 1 is 1.47 bits per heavy atom. The van der Waals surface area contributed by atoms with Gasteiger partial charge in [0.05, 0.1) is 13.2 Å². The summed E-state index contributed by atoms with van der Waals surface area (Å²) in [7, 11) is 1.62. The van der Waals surface area contributed by atoms with Crippen LogP contribution in [0.15, 0.2) is 0 Å². The fraction of sp³-hybridized carbons (Fsp3) is 0.917. The number of carbonyl (C=O) groups excluding carboxylic acids is 1. The van der Waals surface area contributed by atoms with E-state index in [9.17, 15) is 4.79 Å². The molecule has 1 saturated carbocycles. The maximum atomic E-state index is 11.6. The van der Waals surface area contributed by atoms with Gasteiger partial charge >= 0.3 is 0 Å². The summed E-state index contributed by atoms with van der Waals surface area (Å²) in [4.78, 5) is 11.6. The van der Waals surface area contributed by atoms with Crippen molar-refractivity contribution in [3.05, 3.63) is 0 Å². The Hall–Kier alpha value is -0.650. The van der Waals surface area contributed by atoms with Gasteiger partial charge in [0.25, 0.3) is 0 Å². The first kappa shape index (κ1) is 14.4. The van der Waals surface area contributed by atoms with Gasteiger partial charge in [-0.2, -0.15) is 0 Å². The lowest BCUT2D eigenvalue weighted by Gasteiger charge is -2.18. The molecule has 17 heavy (non-hydrogen) atoms. The lowest BCUT2D eigenvalue weighted by molar-refractivity contribution is -0.121. The number of rotatable bonds is 8. The first-order valence-corrected chi connectivity index (χ1v) is 6.38. The van der Waals surface area contributed by atoms with Gasteiger partial charge in [-0.15, -0.1) is 0 Å². The zero-order valence-corrected chi connectivity index (χ0v) is 10.6. The monoisotopic (exact) mass is 244 g/mol. The van der Waals surface area contributed by atoms with Gasteiger partial charge in [-0.25, -0.2) is 0 Å². The van der Waals surface area contributed by atoms with Crippen LogP contribution >= 0.6 is 0 Å². The van der Waals surface area contributed by atoms with E-state index in [0.717, 1.165) is 12.8 Å². The summed E-state index contributed by atoms with van der Waals surface area (Å²) < 4.78 is 5.02. The highest BCUT2D eigenvalue weighted by Crippen LogP contribution is 2.17. The predicted molar refractivity (Wildman–Crippen MR) is 65.8 cm³/mol. The van der Waals surface area contributed by atoms with E-state index < -0.39 is 0 Å². The predicted octanol–water partition coefficient (Wildman–Crippen LogP) is 0.0322. The van der Waals surface area contributed by atoms with E-state index in [1.807, 2.05) is 0 Å². The van der Waals surface area contributed by atoms with Crippen molar-refractivity contribution in [3.8, 4) is 0 Å². The van der Waals surface area contributed by atoms with Gasteiger partial charge in [-0.05, 0) is 19.3 Å². The summed E-state index contributed by atoms with van der Waals surface area (Å²) >= 11 is 0. The van der Waals surface area contributed by atoms with Crippen molar-refractivity contribution in [1.29, 1.82) is 0 Å². The normalized spacial score (nSPS) is 18.2. The fourth-order valence-electron chi connectivity index (χ4n) is 2.19. The van der Waals surface area contributed by atoms with Crippen molar-refractivity contribution < 1.29 is 14.6 Å². The summed E-state index contributed by atoms with van der Waals surface area (Å²) in [6, 6.07) is 0.405. The Labute approximate surface area is 103 Å². The Bertz CT molecular complexity index is 212. The molecule has 0 saturated heterocycles. The number of hydrogen-bond acceptors (Lipinski definition) is 4. The highest BCUT2D eigenvalue weighted by Gasteiger charge is 2.17. The van der Waals surface area contributed by atoms with E-state index in [-0.39, 0.29) is 18.6 Å². The molecular formula is C12H24N2O3. The van der Waals surface area contributed by atoms with Gasteiger partial charge in [0, 0.05) is 25.8 Å². The van der Waals surface area contributed by atoms with Crippen molar-refractivity contribution >= 4 is 5.91 Å². The molecule has 1 fully saturated rings. The second-order valence-corrected chi connectivity index (χ2v) is 4.59. The lowest BCUT2D eigenvalue weighted by atomic mass is 10.2. The molecule has 0 aliphatic heterocycles. The number of hydrogen-bond donors (Lipinski definition) is 3. The van der Waals surface area contributed by atoms with Gasteiger partial charge in [0.15, 0.2) is 0 Å². The highest BCUT2D eigenvalue weighted by atomic mass is 16.5. The minimum absolute atomic E-state index is 0.0379. The van der Waals surface area contributed by atoms with Crippen molar-refractivity contribution in [2.75, 3.05) is 26.9 Å². The molecule has 1 aliphatic rings. The fourth-order valence-corrected chi connectivity index (χ4v) is 2.19. The minimum Gasteiger partial charge on any atom is -0.396 e. The summed E-state index contributed by atoms with van der Waals surface area (Å²) in [6.07, 6.45) is 5.24. The van der Waals surface area contributed by atoms with Crippen molar-refractivity contribution in [1.82, 2.24) is 10.6 Å². The van der Waals surface area contributed by atoms with Crippen molar-refractivity contribution in [3.63, 3.8) is 0 Å². The van der Waals surface area contributed by atoms with E-state index in [1.54, 1.807) is 7.11 Å².